The van der Waals surface area contributed by atoms with E-state index in [1.54, 1.807) is 11.3 Å². The smallest absolute Gasteiger partial charge is 0.237 e. The van der Waals surface area contributed by atoms with Crippen LogP contribution in [0.5, 0.6) is 0 Å². The topological polar surface area (TPSA) is 55.1 Å². The van der Waals surface area contributed by atoms with Gasteiger partial charge in [-0.1, -0.05) is 20.8 Å². The van der Waals surface area contributed by atoms with Gasteiger partial charge in [-0.2, -0.15) is 0 Å². The van der Waals surface area contributed by atoms with Crippen LogP contribution in [0.1, 0.15) is 25.6 Å². The molecule has 1 heterocycles. The number of nitrogens with one attached hydrogen (secondary N) is 1. The normalized spacial score (nSPS) is 13.5. The van der Waals surface area contributed by atoms with Crippen LogP contribution in [-0.4, -0.2) is 18.5 Å². The molecule has 3 nitrogen and oxygen atoms in total. The molecular formula is C12H19BrN2OS. The number of hydrogen-bond acceptors (Lipinski definition) is 3. The van der Waals surface area contributed by atoms with Gasteiger partial charge in [-0.05, 0) is 39.9 Å². The molecule has 0 aliphatic heterocycles. The van der Waals surface area contributed by atoms with E-state index in [2.05, 4.69) is 27.3 Å². The number of halogens is 1. The van der Waals surface area contributed by atoms with Crippen LogP contribution < -0.4 is 11.1 Å². The number of thiophene rings is 1. The molecule has 1 aromatic rings. The van der Waals surface area contributed by atoms with Gasteiger partial charge in [0.15, 0.2) is 0 Å². The summed E-state index contributed by atoms with van der Waals surface area (Å²) in [5.74, 6) is -0.0758. The van der Waals surface area contributed by atoms with Crippen LogP contribution in [0.15, 0.2) is 15.9 Å². The minimum atomic E-state index is -0.461. The Morgan fingerprint density at radius 3 is 2.65 bits per heavy atom. The van der Waals surface area contributed by atoms with Crippen LogP contribution in [0.3, 0.4) is 0 Å². The van der Waals surface area contributed by atoms with Crippen LogP contribution in [0, 0.1) is 5.41 Å². The number of carbonyl (C=O) groups excluding carboxylic acids is 1. The molecule has 5 heteroatoms. The van der Waals surface area contributed by atoms with Gasteiger partial charge >= 0.3 is 0 Å². The van der Waals surface area contributed by atoms with E-state index in [1.165, 1.54) is 4.88 Å². The SMILES string of the molecule is CC(C)(C)C(N)C(=O)NCCc1ccc(Br)s1. The van der Waals surface area contributed by atoms with Gasteiger partial charge in [-0.25, -0.2) is 0 Å². The molecule has 1 atom stereocenters. The molecule has 0 saturated carbocycles. The van der Waals surface area contributed by atoms with Crippen LogP contribution in [0.2, 0.25) is 0 Å². The van der Waals surface area contributed by atoms with Gasteiger partial charge in [0.25, 0.3) is 0 Å². The summed E-state index contributed by atoms with van der Waals surface area (Å²) in [5.41, 5.74) is 5.66. The van der Waals surface area contributed by atoms with E-state index in [0.717, 1.165) is 10.2 Å². The molecule has 0 aromatic carbocycles. The average molecular weight is 319 g/mol. The van der Waals surface area contributed by atoms with Gasteiger partial charge in [0.2, 0.25) is 5.91 Å². The summed E-state index contributed by atoms with van der Waals surface area (Å²) in [5, 5.41) is 2.87. The molecule has 0 fully saturated rings. The fourth-order valence-electron chi connectivity index (χ4n) is 1.30. The van der Waals surface area contributed by atoms with Gasteiger partial charge in [-0.15, -0.1) is 11.3 Å². The van der Waals surface area contributed by atoms with E-state index in [-0.39, 0.29) is 11.3 Å². The highest BCUT2D eigenvalue weighted by Crippen LogP contribution is 2.22. The minimum absolute atomic E-state index is 0.0758. The second-order valence-electron chi connectivity index (χ2n) is 5.09. The molecule has 0 aliphatic carbocycles. The fraction of sp³-hybridized carbons (Fsp3) is 0.583. The van der Waals surface area contributed by atoms with E-state index in [9.17, 15) is 4.79 Å². The Bertz CT molecular complexity index is 384. The standard InChI is InChI=1S/C12H19BrN2OS/c1-12(2,3)10(14)11(16)15-7-6-8-4-5-9(13)17-8/h4-5,10H,6-7,14H2,1-3H3,(H,15,16). The summed E-state index contributed by atoms with van der Waals surface area (Å²) in [6, 6.07) is 3.62. The molecule has 3 N–H and O–H groups in total. The number of carbonyl (C=O) groups is 1. The van der Waals surface area contributed by atoms with Crippen molar-refractivity contribution in [3.63, 3.8) is 0 Å². The first-order chi connectivity index (χ1) is 7.80. The number of hydrogen-bond donors (Lipinski definition) is 2. The van der Waals surface area contributed by atoms with Crippen LogP contribution >= 0.6 is 27.3 Å². The van der Waals surface area contributed by atoms with Crippen LogP contribution in [0.4, 0.5) is 0 Å². The van der Waals surface area contributed by atoms with Crippen molar-refractivity contribution in [1.82, 2.24) is 5.32 Å². The Balaban J connectivity index is 2.34. The van der Waals surface area contributed by atoms with E-state index in [0.29, 0.717) is 6.54 Å². The minimum Gasteiger partial charge on any atom is -0.354 e. The van der Waals surface area contributed by atoms with Gasteiger partial charge in [-0.3, -0.25) is 4.79 Å². The lowest BCUT2D eigenvalue weighted by molar-refractivity contribution is -0.124. The Morgan fingerprint density at radius 1 is 1.53 bits per heavy atom. The van der Waals surface area contributed by atoms with Crippen molar-refractivity contribution >= 4 is 33.2 Å². The van der Waals surface area contributed by atoms with E-state index < -0.39 is 6.04 Å². The molecule has 0 aliphatic rings. The molecule has 0 radical (unpaired) electrons. The van der Waals surface area contributed by atoms with Crippen molar-refractivity contribution in [2.45, 2.75) is 33.2 Å². The fourth-order valence-corrected chi connectivity index (χ4v) is 2.78. The first kappa shape index (κ1) is 14.7. The first-order valence-corrected chi connectivity index (χ1v) is 7.19. The Morgan fingerprint density at radius 2 is 2.18 bits per heavy atom. The quantitative estimate of drug-likeness (QED) is 0.896. The van der Waals surface area contributed by atoms with Gasteiger partial charge in [0.05, 0.1) is 9.83 Å². The lowest BCUT2D eigenvalue weighted by Crippen LogP contribution is -2.48. The molecule has 1 aromatic heterocycles. The monoisotopic (exact) mass is 318 g/mol. The van der Waals surface area contributed by atoms with Crippen molar-refractivity contribution in [1.29, 1.82) is 0 Å². The summed E-state index contributed by atoms with van der Waals surface area (Å²) < 4.78 is 1.12. The molecule has 1 rings (SSSR count). The van der Waals surface area contributed by atoms with Crippen molar-refractivity contribution in [3.05, 3.63) is 20.8 Å². The summed E-state index contributed by atoms with van der Waals surface area (Å²) >= 11 is 5.10. The molecule has 96 valence electrons. The maximum Gasteiger partial charge on any atom is 0.237 e. The van der Waals surface area contributed by atoms with E-state index in [4.69, 9.17) is 5.73 Å². The number of nitrogens with two attached hydrogens (primary N) is 1. The average Bonchev–Trinajstić information content (AvgIpc) is 2.61. The number of amides is 1. The van der Waals surface area contributed by atoms with Gasteiger partial charge < -0.3 is 11.1 Å². The predicted molar refractivity (Wildman–Crippen MR) is 76.2 cm³/mol. The third-order valence-electron chi connectivity index (χ3n) is 2.51. The molecule has 17 heavy (non-hydrogen) atoms. The van der Waals surface area contributed by atoms with Crippen molar-refractivity contribution in [2.24, 2.45) is 11.1 Å². The molecule has 1 unspecified atom stereocenters. The lowest BCUT2D eigenvalue weighted by atomic mass is 9.87. The van der Waals surface area contributed by atoms with E-state index in [1.807, 2.05) is 26.8 Å². The molecular weight excluding hydrogens is 300 g/mol. The Labute approximate surface area is 115 Å². The van der Waals surface area contributed by atoms with Crippen molar-refractivity contribution < 1.29 is 4.79 Å². The maximum atomic E-state index is 11.7. The molecule has 0 spiro atoms. The van der Waals surface area contributed by atoms with Crippen LogP contribution in [0.25, 0.3) is 0 Å². The van der Waals surface area contributed by atoms with Gasteiger partial charge in [0, 0.05) is 11.4 Å². The third-order valence-corrected chi connectivity index (χ3v) is 4.20. The highest BCUT2D eigenvalue weighted by Gasteiger charge is 2.26. The second-order valence-corrected chi connectivity index (χ2v) is 7.64. The Kier molecular flexibility index (Phi) is 5.16. The summed E-state index contributed by atoms with van der Waals surface area (Å²) in [6.07, 6.45) is 0.846. The van der Waals surface area contributed by atoms with E-state index >= 15 is 0 Å². The largest absolute Gasteiger partial charge is 0.354 e. The predicted octanol–water partition coefficient (Wildman–Crippen LogP) is 2.54. The highest BCUT2D eigenvalue weighted by atomic mass is 79.9. The first-order valence-electron chi connectivity index (χ1n) is 5.58. The zero-order chi connectivity index (χ0) is 13.1. The number of rotatable bonds is 4. The molecule has 1 amide bonds. The Hall–Kier alpha value is -0.390. The summed E-state index contributed by atoms with van der Waals surface area (Å²) in [6.45, 7) is 6.53. The molecule has 0 bridgehead atoms. The highest BCUT2D eigenvalue weighted by molar-refractivity contribution is 9.11. The zero-order valence-electron chi connectivity index (χ0n) is 10.4. The lowest BCUT2D eigenvalue weighted by Gasteiger charge is -2.25. The van der Waals surface area contributed by atoms with Gasteiger partial charge in [0.1, 0.15) is 0 Å². The summed E-state index contributed by atoms with van der Waals surface area (Å²) in [7, 11) is 0. The second kappa shape index (κ2) is 5.98. The third kappa shape index (κ3) is 4.77. The zero-order valence-corrected chi connectivity index (χ0v) is 12.8. The maximum absolute atomic E-state index is 11.7. The van der Waals surface area contributed by atoms with Crippen LogP contribution in [-0.2, 0) is 11.2 Å². The summed E-state index contributed by atoms with van der Waals surface area (Å²) in [4.78, 5) is 13.0. The molecule has 0 saturated heterocycles. The van der Waals surface area contributed by atoms with Crippen molar-refractivity contribution in [3.8, 4) is 0 Å². The van der Waals surface area contributed by atoms with Crippen molar-refractivity contribution in [2.75, 3.05) is 6.54 Å².